The van der Waals surface area contributed by atoms with Crippen LogP contribution in [0.5, 0.6) is 5.88 Å². The van der Waals surface area contributed by atoms with Gasteiger partial charge in [-0.15, -0.1) is 0 Å². The van der Waals surface area contributed by atoms with Crippen LogP contribution in [0.15, 0.2) is 63.1 Å². The van der Waals surface area contributed by atoms with E-state index in [1.807, 2.05) is 6.92 Å². The fourth-order valence-corrected chi connectivity index (χ4v) is 2.48. The number of aromatic nitrogens is 2. The van der Waals surface area contributed by atoms with Gasteiger partial charge >= 0.3 is 5.69 Å². The highest BCUT2D eigenvalue weighted by Gasteiger charge is 2.14. The zero-order chi connectivity index (χ0) is 19.6. The highest BCUT2D eigenvalue weighted by Crippen LogP contribution is 2.20. The Bertz CT molecular complexity index is 1160. The molecule has 136 valence electrons. The van der Waals surface area contributed by atoms with Gasteiger partial charge in [-0.1, -0.05) is 35.9 Å². The number of para-hydroxylation sites is 1. The molecule has 8 heteroatoms. The molecular weight excluding hydrogens is 350 g/mol. The molecule has 0 aliphatic carbocycles. The number of H-pyrrole nitrogens is 1. The van der Waals surface area contributed by atoms with Crippen LogP contribution >= 0.6 is 0 Å². The molecule has 2 N–H and O–H groups in total. The monoisotopic (exact) mass is 364 g/mol. The molecule has 0 aliphatic rings. The third-order valence-corrected chi connectivity index (χ3v) is 3.87. The number of aliphatic imine (C=N–C) groups is 1. The van der Waals surface area contributed by atoms with E-state index in [1.54, 1.807) is 30.3 Å². The van der Waals surface area contributed by atoms with Gasteiger partial charge in [0, 0.05) is 11.8 Å². The fourth-order valence-electron chi connectivity index (χ4n) is 2.48. The zero-order valence-corrected chi connectivity index (χ0v) is 14.2. The summed E-state index contributed by atoms with van der Waals surface area (Å²) < 4.78 is 0.923. The number of hydrogen-bond donors (Lipinski definition) is 2. The van der Waals surface area contributed by atoms with E-state index >= 15 is 0 Å². The maximum atomic E-state index is 12.1. The topological polar surface area (TPSA) is 128 Å². The van der Waals surface area contributed by atoms with E-state index < -0.39 is 23.1 Å². The summed E-state index contributed by atoms with van der Waals surface area (Å²) in [4.78, 5) is 41.4. The molecule has 1 aromatic heterocycles. The van der Waals surface area contributed by atoms with Crippen molar-refractivity contribution in [1.82, 2.24) is 9.55 Å². The van der Waals surface area contributed by atoms with E-state index in [4.69, 9.17) is 0 Å². The second-order valence-corrected chi connectivity index (χ2v) is 5.73. The number of carbonyl (C=O) groups excluding carboxylic acids is 1. The van der Waals surface area contributed by atoms with Gasteiger partial charge in [0.2, 0.25) is 5.88 Å². The average molecular weight is 364 g/mol. The molecule has 0 saturated carbocycles. The number of benzene rings is 2. The number of nitrogens with one attached hydrogen (secondary N) is 1. The second-order valence-electron chi connectivity index (χ2n) is 5.73. The van der Waals surface area contributed by atoms with Crippen molar-refractivity contribution in [3.8, 4) is 11.6 Å². The van der Waals surface area contributed by atoms with Crippen molar-refractivity contribution in [2.75, 3.05) is 0 Å². The summed E-state index contributed by atoms with van der Waals surface area (Å²) in [6, 6.07) is 12.5. The quantitative estimate of drug-likeness (QED) is 0.657. The molecule has 2 aromatic carbocycles. The molecule has 1 heterocycles. The molecule has 3 rings (SSSR count). The van der Waals surface area contributed by atoms with Crippen LogP contribution in [0.1, 0.15) is 21.5 Å². The Kier molecular flexibility index (Phi) is 4.71. The summed E-state index contributed by atoms with van der Waals surface area (Å²) in [6.07, 6.45) is 1.00. The summed E-state index contributed by atoms with van der Waals surface area (Å²) in [7, 11) is 0. The van der Waals surface area contributed by atoms with Crippen molar-refractivity contribution in [3.05, 3.63) is 86.1 Å². The van der Waals surface area contributed by atoms with Crippen LogP contribution in [0.2, 0.25) is 0 Å². The fraction of sp³-hybridized carbons (Fsp3) is 0.0526. The van der Waals surface area contributed by atoms with E-state index in [0.717, 1.165) is 16.3 Å². The number of aromatic amines is 1. The lowest BCUT2D eigenvalue weighted by molar-refractivity contribution is -0.254. The number of carboxylic acids is 1. The van der Waals surface area contributed by atoms with Crippen molar-refractivity contribution in [3.63, 3.8) is 0 Å². The Morgan fingerprint density at radius 3 is 2.48 bits per heavy atom. The van der Waals surface area contributed by atoms with Crippen molar-refractivity contribution in [2.45, 2.75) is 6.92 Å². The van der Waals surface area contributed by atoms with Gasteiger partial charge in [0.05, 0.1) is 17.3 Å². The minimum Gasteiger partial charge on any atom is -0.545 e. The number of hydrogen-bond acceptors (Lipinski definition) is 6. The summed E-state index contributed by atoms with van der Waals surface area (Å²) >= 11 is 0. The summed E-state index contributed by atoms with van der Waals surface area (Å²) in [5.41, 5.74) is -0.769. The molecule has 0 amide bonds. The third-order valence-electron chi connectivity index (χ3n) is 3.87. The zero-order valence-electron chi connectivity index (χ0n) is 14.2. The van der Waals surface area contributed by atoms with Gasteiger partial charge in [0.1, 0.15) is 5.56 Å². The Balaban J connectivity index is 2.14. The van der Waals surface area contributed by atoms with E-state index in [-0.39, 0.29) is 16.8 Å². The van der Waals surface area contributed by atoms with Gasteiger partial charge in [-0.2, -0.15) is 0 Å². The average Bonchev–Trinajstić information content (AvgIpc) is 2.63. The lowest BCUT2D eigenvalue weighted by Crippen LogP contribution is -2.31. The van der Waals surface area contributed by atoms with Gasteiger partial charge in [-0.3, -0.25) is 14.8 Å². The Labute approximate surface area is 152 Å². The Morgan fingerprint density at radius 2 is 1.81 bits per heavy atom. The van der Waals surface area contributed by atoms with Crippen LogP contribution in [-0.2, 0) is 0 Å². The van der Waals surface area contributed by atoms with Gasteiger partial charge in [-0.25, -0.2) is 9.36 Å². The minimum atomic E-state index is -1.43. The molecule has 0 bridgehead atoms. The van der Waals surface area contributed by atoms with Crippen LogP contribution in [0.3, 0.4) is 0 Å². The molecule has 0 saturated heterocycles. The smallest absolute Gasteiger partial charge is 0.335 e. The van der Waals surface area contributed by atoms with Crippen molar-refractivity contribution >= 4 is 17.9 Å². The van der Waals surface area contributed by atoms with Crippen molar-refractivity contribution in [1.29, 1.82) is 0 Å². The summed E-state index contributed by atoms with van der Waals surface area (Å²) in [5, 5.41) is 21.6. The summed E-state index contributed by atoms with van der Waals surface area (Å²) in [6.45, 7) is 1.87. The number of aromatic hydroxyl groups is 1. The number of carbonyl (C=O) groups is 1. The first kappa shape index (κ1) is 17.9. The highest BCUT2D eigenvalue weighted by atomic mass is 16.4. The normalized spacial score (nSPS) is 11.0. The molecule has 0 atom stereocenters. The molecule has 0 radical (unpaired) electrons. The van der Waals surface area contributed by atoms with E-state index in [1.165, 1.54) is 18.2 Å². The maximum Gasteiger partial charge on any atom is 0.335 e. The number of aryl methyl sites for hydroxylation is 1. The third kappa shape index (κ3) is 3.54. The molecule has 3 aromatic rings. The number of carboxylic acid groups (broad SMARTS) is 1. The van der Waals surface area contributed by atoms with E-state index in [0.29, 0.717) is 5.69 Å². The molecule has 0 fully saturated rings. The molecule has 27 heavy (non-hydrogen) atoms. The number of aromatic carboxylic acids is 1. The minimum absolute atomic E-state index is 0.0457. The van der Waals surface area contributed by atoms with Gasteiger partial charge in [-0.05, 0) is 25.1 Å². The first-order valence-corrected chi connectivity index (χ1v) is 7.88. The van der Waals surface area contributed by atoms with E-state index in [2.05, 4.69) is 9.98 Å². The standard InChI is InChI=1S/C19H15N3O5/c1-11-6-8-12(9-7-11)22-17(24)14(16(23)21-19(22)27)10-20-15-5-3-2-4-13(15)18(25)26/h2-10,24H,1H3,(H,25,26)(H,21,23,27)/p-1. The first-order valence-electron chi connectivity index (χ1n) is 7.88. The first-order chi connectivity index (χ1) is 12.9. The Hall–Kier alpha value is -3.94. The molecule has 0 aliphatic heterocycles. The molecule has 0 unspecified atom stereocenters. The van der Waals surface area contributed by atoms with Crippen LogP contribution in [0, 0.1) is 6.92 Å². The van der Waals surface area contributed by atoms with E-state index in [9.17, 15) is 24.6 Å². The largest absolute Gasteiger partial charge is 0.545 e. The Morgan fingerprint density at radius 1 is 1.15 bits per heavy atom. The summed E-state index contributed by atoms with van der Waals surface area (Å²) in [5.74, 6) is -2.03. The van der Waals surface area contributed by atoms with Crippen LogP contribution in [0.25, 0.3) is 5.69 Å². The highest BCUT2D eigenvalue weighted by molar-refractivity contribution is 5.94. The predicted molar refractivity (Wildman–Crippen MR) is 97.1 cm³/mol. The number of nitrogens with zero attached hydrogens (tertiary/aromatic N) is 2. The predicted octanol–water partition coefficient (Wildman–Crippen LogP) is 0.654. The lowest BCUT2D eigenvalue weighted by atomic mass is 10.2. The number of rotatable bonds is 4. The molecule has 8 nitrogen and oxygen atoms in total. The second kappa shape index (κ2) is 7.12. The SMILES string of the molecule is Cc1ccc(-n2c(O)c(C=Nc3ccccc3C(=O)[O-])c(=O)[nH]c2=O)cc1. The van der Waals surface area contributed by atoms with Gasteiger partial charge < -0.3 is 15.0 Å². The van der Waals surface area contributed by atoms with Crippen LogP contribution < -0.4 is 16.4 Å². The van der Waals surface area contributed by atoms with Crippen LogP contribution in [0.4, 0.5) is 5.69 Å². The van der Waals surface area contributed by atoms with Gasteiger partial charge in [0.15, 0.2) is 0 Å². The molecular formula is C19H14N3O5-. The van der Waals surface area contributed by atoms with Crippen molar-refractivity contribution in [2.24, 2.45) is 4.99 Å². The van der Waals surface area contributed by atoms with Crippen LogP contribution in [-0.4, -0.2) is 26.8 Å². The maximum absolute atomic E-state index is 12.1. The molecule has 0 spiro atoms. The van der Waals surface area contributed by atoms with Crippen molar-refractivity contribution < 1.29 is 15.0 Å². The lowest BCUT2D eigenvalue weighted by Gasteiger charge is -2.10. The van der Waals surface area contributed by atoms with Gasteiger partial charge in [0.25, 0.3) is 5.56 Å².